The molecule has 0 radical (unpaired) electrons. The van der Waals surface area contributed by atoms with Crippen molar-refractivity contribution in [1.29, 1.82) is 0 Å². The number of aromatic nitrogens is 3. The minimum atomic E-state index is -0.278. The molecule has 3 rings (SSSR count). The van der Waals surface area contributed by atoms with Crippen molar-refractivity contribution in [3.05, 3.63) is 47.5 Å². The van der Waals surface area contributed by atoms with Crippen molar-refractivity contribution < 1.29 is 9.53 Å². The van der Waals surface area contributed by atoms with Gasteiger partial charge in [0.25, 0.3) is 0 Å². The first-order valence-corrected chi connectivity index (χ1v) is 7.45. The summed E-state index contributed by atoms with van der Waals surface area (Å²) in [6, 6.07) is 9.92. The van der Waals surface area contributed by atoms with E-state index in [-0.39, 0.29) is 11.9 Å². The first-order chi connectivity index (χ1) is 10.7. The van der Waals surface area contributed by atoms with Crippen LogP contribution in [0.4, 0.5) is 0 Å². The van der Waals surface area contributed by atoms with Gasteiger partial charge >= 0.3 is 0 Å². The number of fused-ring (bicyclic) bond motifs is 1. The highest BCUT2D eigenvalue weighted by Crippen LogP contribution is 2.23. The van der Waals surface area contributed by atoms with E-state index in [2.05, 4.69) is 22.3 Å². The van der Waals surface area contributed by atoms with Gasteiger partial charge in [-0.1, -0.05) is 30.3 Å². The van der Waals surface area contributed by atoms with Gasteiger partial charge in [-0.2, -0.15) is 0 Å². The molecular formula is C16H20N4O2. The molecule has 0 aliphatic carbocycles. The average molecular weight is 300 g/mol. The number of carbonyl (C=O) groups is 1. The van der Waals surface area contributed by atoms with Gasteiger partial charge < -0.3 is 9.64 Å². The maximum Gasteiger partial charge on any atom is 0.245 e. The summed E-state index contributed by atoms with van der Waals surface area (Å²) in [6.45, 7) is 3.46. The van der Waals surface area contributed by atoms with Crippen LogP contribution in [0.3, 0.4) is 0 Å². The van der Waals surface area contributed by atoms with Crippen molar-refractivity contribution >= 4 is 5.91 Å². The molecule has 0 N–H and O–H groups in total. The first-order valence-electron chi connectivity index (χ1n) is 7.45. The molecule has 0 saturated carbocycles. The molecule has 1 amide bonds. The Bertz CT molecular complexity index is 653. The normalized spacial score (nSPS) is 17.6. The standard InChI is InChI=1S/C16H20N4O2/c1-12-16(21)19(9-8-13-6-4-3-5-7-13)10-14-17-18-15(11-22-2)20(12)14/h3-7,12H,8-11H2,1-2H3/t12-/m0/s1. The summed E-state index contributed by atoms with van der Waals surface area (Å²) in [5.41, 5.74) is 1.23. The van der Waals surface area contributed by atoms with Crippen molar-refractivity contribution in [2.45, 2.75) is 32.5 Å². The lowest BCUT2D eigenvalue weighted by molar-refractivity contribution is -0.137. The molecule has 1 atom stereocenters. The highest BCUT2D eigenvalue weighted by Gasteiger charge is 2.32. The van der Waals surface area contributed by atoms with Gasteiger partial charge in [0.2, 0.25) is 5.91 Å². The van der Waals surface area contributed by atoms with Crippen LogP contribution < -0.4 is 0 Å². The topological polar surface area (TPSA) is 60.3 Å². The molecular weight excluding hydrogens is 280 g/mol. The van der Waals surface area contributed by atoms with Crippen LogP contribution in [0.25, 0.3) is 0 Å². The van der Waals surface area contributed by atoms with Gasteiger partial charge in [0.05, 0.1) is 6.54 Å². The molecule has 2 heterocycles. The Kier molecular flexibility index (Phi) is 4.20. The summed E-state index contributed by atoms with van der Waals surface area (Å²) in [5.74, 6) is 1.65. The molecule has 0 saturated heterocycles. The van der Waals surface area contributed by atoms with E-state index in [0.717, 1.165) is 12.2 Å². The lowest BCUT2D eigenvalue weighted by Gasteiger charge is -2.32. The maximum absolute atomic E-state index is 12.6. The van der Waals surface area contributed by atoms with Crippen molar-refractivity contribution in [2.75, 3.05) is 13.7 Å². The lowest BCUT2D eigenvalue weighted by Crippen LogP contribution is -2.43. The highest BCUT2D eigenvalue weighted by atomic mass is 16.5. The number of ether oxygens (including phenoxy) is 1. The van der Waals surface area contributed by atoms with Crippen LogP contribution in [-0.4, -0.2) is 39.2 Å². The van der Waals surface area contributed by atoms with E-state index in [4.69, 9.17) is 4.74 Å². The molecule has 0 fully saturated rings. The van der Waals surface area contributed by atoms with Crippen LogP contribution in [0.1, 0.15) is 30.2 Å². The van der Waals surface area contributed by atoms with E-state index in [0.29, 0.717) is 25.5 Å². The van der Waals surface area contributed by atoms with E-state index >= 15 is 0 Å². The smallest absolute Gasteiger partial charge is 0.245 e. The van der Waals surface area contributed by atoms with Crippen LogP contribution in [0.5, 0.6) is 0 Å². The lowest BCUT2D eigenvalue weighted by atomic mass is 10.1. The summed E-state index contributed by atoms with van der Waals surface area (Å²) in [5, 5.41) is 8.34. The van der Waals surface area contributed by atoms with Crippen molar-refractivity contribution in [3.63, 3.8) is 0 Å². The Morgan fingerprint density at radius 3 is 2.77 bits per heavy atom. The Morgan fingerprint density at radius 1 is 1.27 bits per heavy atom. The van der Waals surface area contributed by atoms with E-state index in [1.807, 2.05) is 34.6 Å². The predicted octanol–water partition coefficient (Wildman–Crippen LogP) is 1.57. The predicted molar refractivity (Wildman–Crippen MR) is 81.0 cm³/mol. The zero-order valence-corrected chi connectivity index (χ0v) is 12.9. The Hall–Kier alpha value is -2.21. The summed E-state index contributed by atoms with van der Waals surface area (Å²) in [6.07, 6.45) is 0.846. The van der Waals surface area contributed by atoms with Gasteiger partial charge in [-0.15, -0.1) is 10.2 Å². The molecule has 1 aliphatic heterocycles. The summed E-state index contributed by atoms with van der Waals surface area (Å²) < 4.78 is 7.01. The molecule has 6 nitrogen and oxygen atoms in total. The fourth-order valence-corrected chi connectivity index (χ4v) is 2.86. The van der Waals surface area contributed by atoms with Crippen molar-refractivity contribution in [2.24, 2.45) is 0 Å². The van der Waals surface area contributed by atoms with Gasteiger partial charge in [0.1, 0.15) is 12.6 Å². The second kappa shape index (κ2) is 6.27. The third-order valence-electron chi connectivity index (χ3n) is 4.01. The Labute approximate surface area is 129 Å². The average Bonchev–Trinajstić information content (AvgIpc) is 2.94. The third-order valence-corrected chi connectivity index (χ3v) is 4.01. The molecule has 0 unspecified atom stereocenters. The highest BCUT2D eigenvalue weighted by molar-refractivity contribution is 5.81. The Morgan fingerprint density at radius 2 is 2.05 bits per heavy atom. The molecule has 6 heteroatoms. The molecule has 0 bridgehead atoms. The minimum absolute atomic E-state index is 0.112. The maximum atomic E-state index is 12.6. The molecule has 1 aromatic carbocycles. The molecule has 22 heavy (non-hydrogen) atoms. The van der Waals surface area contributed by atoms with Gasteiger partial charge in [0, 0.05) is 13.7 Å². The quantitative estimate of drug-likeness (QED) is 0.841. The van der Waals surface area contributed by atoms with Crippen molar-refractivity contribution in [1.82, 2.24) is 19.7 Å². The number of amides is 1. The zero-order chi connectivity index (χ0) is 15.5. The van der Waals surface area contributed by atoms with Crippen molar-refractivity contribution in [3.8, 4) is 0 Å². The SMILES string of the molecule is COCc1nnc2n1[C@@H](C)C(=O)N(CCc1ccccc1)C2. The summed E-state index contributed by atoms with van der Waals surface area (Å²) in [4.78, 5) is 14.4. The number of nitrogens with zero attached hydrogens (tertiary/aromatic N) is 4. The number of rotatable bonds is 5. The second-order valence-corrected chi connectivity index (χ2v) is 5.51. The number of benzene rings is 1. The van der Waals surface area contributed by atoms with Crippen LogP contribution in [0.15, 0.2) is 30.3 Å². The molecule has 0 spiro atoms. The minimum Gasteiger partial charge on any atom is -0.377 e. The van der Waals surface area contributed by atoms with Crippen LogP contribution in [0, 0.1) is 0 Å². The van der Waals surface area contributed by atoms with Gasteiger partial charge in [-0.05, 0) is 18.9 Å². The van der Waals surface area contributed by atoms with Gasteiger partial charge in [0.15, 0.2) is 11.6 Å². The number of carbonyl (C=O) groups excluding carboxylic acids is 1. The number of hydrogen-bond donors (Lipinski definition) is 0. The third kappa shape index (κ3) is 2.74. The van der Waals surface area contributed by atoms with E-state index in [1.54, 1.807) is 7.11 Å². The first kappa shape index (κ1) is 14.7. The molecule has 2 aromatic rings. The summed E-state index contributed by atoms with van der Waals surface area (Å²) >= 11 is 0. The molecule has 1 aromatic heterocycles. The zero-order valence-electron chi connectivity index (χ0n) is 12.9. The van der Waals surface area contributed by atoms with Crippen LogP contribution >= 0.6 is 0 Å². The second-order valence-electron chi connectivity index (χ2n) is 5.51. The fourth-order valence-electron chi connectivity index (χ4n) is 2.86. The largest absolute Gasteiger partial charge is 0.377 e. The summed E-state index contributed by atoms with van der Waals surface area (Å²) in [7, 11) is 1.61. The Balaban J connectivity index is 1.74. The molecule has 116 valence electrons. The monoisotopic (exact) mass is 300 g/mol. The molecule has 1 aliphatic rings. The number of hydrogen-bond acceptors (Lipinski definition) is 4. The van der Waals surface area contributed by atoms with Gasteiger partial charge in [-0.25, -0.2) is 0 Å². The van der Waals surface area contributed by atoms with Crippen LogP contribution in [-0.2, 0) is 29.1 Å². The van der Waals surface area contributed by atoms with Gasteiger partial charge in [-0.3, -0.25) is 9.36 Å². The fraction of sp³-hybridized carbons (Fsp3) is 0.438. The van der Waals surface area contributed by atoms with E-state index in [9.17, 15) is 4.79 Å². The van der Waals surface area contributed by atoms with E-state index in [1.165, 1.54) is 5.56 Å². The van der Waals surface area contributed by atoms with E-state index < -0.39 is 0 Å². The van der Waals surface area contributed by atoms with Crippen LogP contribution in [0.2, 0.25) is 0 Å². The number of methoxy groups -OCH3 is 1.